The minimum atomic E-state index is -3.56. The van der Waals surface area contributed by atoms with E-state index >= 15 is 0 Å². The Morgan fingerprint density at radius 2 is 1.68 bits per heavy atom. The minimum Gasteiger partial charge on any atom is -0.383 e. The molecule has 12 heteroatoms. The number of nitrogen functional groups attached to an aromatic ring is 1. The minimum absolute atomic E-state index is 0.139. The number of rotatable bonds is 6. The number of fused-ring (bicyclic) bond motifs is 1. The molecule has 196 valence electrons. The van der Waals surface area contributed by atoms with Crippen molar-refractivity contribution in [2.24, 2.45) is 0 Å². The maximum atomic E-state index is 12.5. The van der Waals surface area contributed by atoms with Gasteiger partial charge in [-0.1, -0.05) is 38.1 Å². The zero-order valence-electron chi connectivity index (χ0n) is 21.7. The molecule has 0 radical (unpaired) electrons. The molecular weight excluding hydrogens is 504 g/mol. The summed E-state index contributed by atoms with van der Waals surface area (Å²) >= 11 is 0. The molecule has 0 amide bonds. The van der Waals surface area contributed by atoms with Gasteiger partial charge in [0.2, 0.25) is 10.0 Å². The molecule has 0 aliphatic rings. The number of nitrogens with zero attached hydrogens (tertiary/aromatic N) is 6. The summed E-state index contributed by atoms with van der Waals surface area (Å²) in [5.74, 6) is 1.69. The summed E-state index contributed by atoms with van der Waals surface area (Å²) in [4.78, 5) is 8.76. The number of nitrogens with two attached hydrogens (primary N) is 1. The van der Waals surface area contributed by atoms with Crippen molar-refractivity contribution in [3.63, 3.8) is 0 Å². The monoisotopic (exact) mass is 532 g/mol. The van der Waals surface area contributed by atoms with Crippen molar-refractivity contribution in [2.45, 2.75) is 31.1 Å². The summed E-state index contributed by atoms with van der Waals surface area (Å²) < 4.78 is 33.3. The normalized spacial score (nSPS) is 12.4. The first-order valence-corrected chi connectivity index (χ1v) is 13.3. The van der Waals surface area contributed by atoms with Crippen LogP contribution < -0.4 is 11.1 Å². The lowest BCUT2D eigenvalue weighted by atomic mass is 9.93. The molecule has 0 bridgehead atoms. The number of anilines is 3. The number of hydrogen-bond acceptors (Lipinski definition) is 9. The molecule has 3 heterocycles. The Balaban J connectivity index is 1.49. The first kappa shape index (κ1) is 25.4. The van der Waals surface area contributed by atoms with Gasteiger partial charge in [-0.15, -0.1) is 0 Å². The Morgan fingerprint density at radius 1 is 1.00 bits per heavy atom. The van der Waals surface area contributed by atoms with Crippen LogP contribution in [0.1, 0.15) is 26.5 Å². The smallest absolute Gasteiger partial charge is 0.242 e. The van der Waals surface area contributed by atoms with Crippen LogP contribution in [0.25, 0.3) is 28.0 Å². The van der Waals surface area contributed by atoms with Gasteiger partial charge in [0.15, 0.2) is 11.5 Å². The maximum Gasteiger partial charge on any atom is 0.242 e. The first-order valence-electron chi connectivity index (χ1n) is 11.8. The number of aromatic nitrogens is 5. The van der Waals surface area contributed by atoms with Crippen LogP contribution in [-0.2, 0) is 15.4 Å². The molecule has 5 rings (SSSR count). The van der Waals surface area contributed by atoms with Crippen molar-refractivity contribution >= 4 is 38.4 Å². The molecule has 2 aromatic carbocycles. The summed E-state index contributed by atoms with van der Waals surface area (Å²) in [5, 5.41) is 12.7. The third kappa shape index (κ3) is 4.59. The van der Waals surface area contributed by atoms with E-state index in [2.05, 4.69) is 41.2 Å². The van der Waals surface area contributed by atoms with Gasteiger partial charge < -0.3 is 15.6 Å². The molecule has 3 N–H and O–H groups in total. The molecule has 38 heavy (non-hydrogen) atoms. The predicted octanol–water partition coefficient (Wildman–Crippen LogP) is 4.34. The molecule has 0 saturated carbocycles. The van der Waals surface area contributed by atoms with Crippen LogP contribution in [0.15, 0.2) is 70.3 Å². The Kier molecular flexibility index (Phi) is 6.16. The maximum absolute atomic E-state index is 12.5. The van der Waals surface area contributed by atoms with E-state index in [0.29, 0.717) is 28.1 Å². The zero-order chi connectivity index (χ0) is 27.2. The van der Waals surface area contributed by atoms with E-state index in [0.717, 1.165) is 17.1 Å². The second-order valence-corrected chi connectivity index (χ2v) is 12.2. The van der Waals surface area contributed by atoms with Crippen molar-refractivity contribution in [2.75, 3.05) is 25.1 Å². The Labute approximate surface area is 220 Å². The molecule has 0 spiro atoms. The number of hydrogen-bond donors (Lipinski definition) is 2. The van der Waals surface area contributed by atoms with Gasteiger partial charge in [0, 0.05) is 36.8 Å². The Bertz CT molecular complexity index is 1720. The lowest BCUT2D eigenvalue weighted by Gasteiger charge is -2.12. The van der Waals surface area contributed by atoms with E-state index in [1.807, 2.05) is 30.3 Å². The van der Waals surface area contributed by atoms with Gasteiger partial charge in [0.05, 0.1) is 16.0 Å². The SMILES string of the molecule is CN(C)S(=O)(=O)c1ccc(-c2nn(-c3ccc(Nc4cc(C(C)(C)C)on4)cc3)c3ncnc(N)c23)cc1. The van der Waals surface area contributed by atoms with Gasteiger partial charge in [-0.25, -0.2) is 27.4 Å². The molecule has 0 aliphatic carbocycles. The molecule has 0 atom stereocenters. The van der Waals surface area contributed by atoms with Crippen LogP contribution in [0.3, 0.4) is 0 Å². The van der Waals surface area contributed by atoms with E-state index in [1.54, 1.807) is 28.9 Å². The Hall–Kier alpha value is -4.29. The van der Waals surface area contributed by atoms with Gasteiger partial charge in [-0.05, 0) is 36.4 Å². The van der Waals surface area contributed by atoms with Gasteiger partial charge in [-0.3, -0.25) is 0 Å². The Morgan fingerprint density at radius 3 is 2.29 bits per heavy atom. The van der Waals surface area contributed by atoms with Crippen LogP contribution in [0.2, 0.25) is 0 Å². The van der Waals surface area contributed by atoms with Gasteiger partial charge >= 0.3 is 0 Å². The first-order chi connectivity index (χ1) is 17.9. The number of benzene rings is 2. The number of nitrogens with one attached hydrogen (secondary N) is 1. The zero-order valence-corrected chi connectivity index (χ0v) is 22.5. The molecule has 0 unspecified atom stereocenters. The fraction of sp³-hybridized carbons (Fsp3) is 0.231. The fourth-order valence-electron chi connectivity index (χ4n) is 3.87. The highest BCUT2D eigenvalue weighted by molar-refractivity contribution is 7.89. The van der Waals surface area contributed by atoms with Crippen molar-refractivity contribution in [1.82, 2.24) is 29.2 Å². The van der Waals surface area contributed by atoms with E-state index in [1.165, 1.54) is 24.7 Å². The molecule has 0 saturated heterocycles. The van der Waals surface area contributed by atoms with Gasteiger partial charge in [0.1, 0.15) is 23.6 Å². The largest absolute Gasteiger partial charge is 0.383 e. The average Bonchev–Trinajstić information content (AvgIpc) is 3.51. The second-order valence-electron chi connectivity index (χ2n) is 10.0. The summed E-state index contributed by atoms with van der Waals surface area (Å²) in [5.41, 5.74) is 9.44. The second kappa shape index (κ2) is 9.23. The van der Waals surface area contributed by atoms with E-state index in [-0.39, 0.29) is 16.1 Å². The highest BCUT2D eigenvalue weighted by atomic mass is 32.2. The summed E-state index contributed by atoms with van der Waals surface area (Å²) in [6.07, 6.45) is 1.39. The van der Waals surface area contributed by atoms with Crippen LogP contribution >= 0.6 is 0 Å². The molecule has 0 aliphatic heterocycles. The van der Waals surface area contributed by atoms with Crippen LogP contribution in [0.4, 0.5) is 17.3 Å². The lowest BCUT2D eigenvalue weighted by molar-refractivity contribution is 0.331. The molecule has 0 fully saturated rings. The van der Waals surface area contributed by atoms with Gasteiger partial charge in [-0.2, -0.15) is 5.10 Å². The third-order valence-corrected chi connectivity index (χ3v) is 7.86. The molecule has 11 nitrogen and oxygen atoms in total. The highest BCUT2D eigenvalue weighted by Gasteiger charge is 2.22. The summed E-state index contributed by atoms with van der Waals surface area (Å²) in [7, 11) is -0.571. The third-order valence-electron chi connectivity index (χ3n) is 6.03. The van der Waals surface area contributed by atoms with E-state index in [4.69, 9.17) is 15.4 Å². The molecular formula is C26H28N8O3S. The van der Waals surface area contributed by atoms with Gasteiger partial charge in [0.25, 0.3) is 0 Å². The van der Waals surface area contributed by atoms with Crippen LogP contribution in [0.5, 0.6) is 0 Å². The fourth-order valence-corrected chi connectivity index (χ4v) is 4.78. The van der Waals surface area contributed by atoms with Crippen molar-refractivity contribution in [1.29, 1.82) is 0 Å². The van der Waals surface area contributed by atoms with Crippen LogP contribution in [-0.4, -0.2) is 51.7 Å². The predicted molar refractivity (Wildman–Crippen MR) is 146 cm³/mol. The number of sulfonamides is 1. The standard InChI is InChI=1S/C26H28N8O3S/c1-26(2,3)20-14-21(32-37-20)30-17-8-10-18(11-9-17)34-25-22(24(27)28-15-29-25)23(31-34)16-6-12-19(13-7-16)38(35,36)33(4)5/h6-15H,1-5H3,(H,30,32)(H2,27,28,29). The molecule has 5 aromatic rings. The topological polar surface area (TPSA) is 145 Å². The van der Waals surface area contributed by atoms with Crippen LogP contribution in [0, 0.1) is 0 Å². The summed E-state index contributed by atoms with van der Waals surface area (Å²) in [6.45, 7) is 6.18. The average molecular weight is 533 g/mol. The highest BCUT2D eigenvalue weighted by Crippen LogP contribution is 2.33. The van der Waals surface area contributed by atoms with E-state index < -0.39 is 10.0 Å². The quantitative estimate of drug-likeness (QED) is 0.326. The summed E-state index contributed by atoms with van der Waals surface area (Å²) in [6, 6.07) is 16.0. The molecule has 3 aromatic heterocycles. The van der Waals surface area contributed by atoms with Crippen molar-refractivity contribution in [3.05, 3.63) is 66.7 Å². The van der Waals surface area contributed by atoms with Crippen molar-refractivity contribution in [3.8, 4) is 16.9 Å². The lowest BCUT2D eigenvalue weighted by Crippen LogP contribution is -2.22. The van der Waals surface area contributed by atoms with E-state index in [9.17, 15) is 8.42 Å². The van der Waals surface area contributed by atoms with Crippen molar-refractivity contribution < 1.29 is 12.9 Å².